The van der Waals surface area contributed by atoms with Crippen molar-refractivity contribution in [2.24, 2.45) is 0 Å². The van der Waals surface area contributed by atoms with E-state index >= 15 is 0 Å². The Morgan fingerprint density at radius 3 is 2.45 bits per heavy atom. The first-order valence-corrected chi connectivity index (χ1v) is 10.4. The van der Waals surface area contributed by atoms with E-state index in [0.717, 1.165) is 6.26 Å². The van der Waals surface area contributed by atoms with Gasteiger partial charge < -0.3 is 5.73 Å². The van der Waals surface area contributed by atoms with Gasteiger partial charge in [-0.3, -0.25) is 0 Å². The summed E-state index contributed by atoms with van der Waals surface area (Å²) in [6, 6.07) is 4.39. The molecular formula is C11H18N2O4S3. The van der Waals surface area contributed by atoms with Gasteiger partial charge in [0.05, 0.1) is 10.6 Å². The molecule has 0 radical (unpaired) electrons. The van der Waals surface area contributed by atoms with Crippen LogP contribution in [-0.4, -0.2) is 41.1 Å². The molecule has 0 saturated carbocycles. The second-order valence-electron chi connectivity index (χ2n) is 4.18. The minimum atomic E-state index is -3.54. The van der Waals surface area contributed by atoms with Crippen LogP contribution in [0, 0.1) is 0 Å². The molecule has 0 aliphatic rings. The van der Waals surface area contributed by atoms with Crippen molar-refractivity contribution in [1.29, 1.82) is 0 Å². The van der Waals surface area contributed by atoms with Crippen LogP contribution in [0.1, 0.15) is 6.92 Å². The number of hydrogen-bond acceptors (Lipinski definition) is 6. The molecule has 20 heavy (non-hydrogen) atoms. The highest BCUT2D eigenvalue weighted by Gasteiger charge is 2.14. The highest BCUT2D eigenvalue weighted by atomic mass is 32.2. The Morgan fingerprint density at radius 2 is 1.90 bits per heavy atom. The largest absolute Gasteiger partial charge is 0.398 e. The number of hydrogen-bond donors (Lipinski definition) is 2. The first-order valence-electron chi connectivity index (χ1n) is 5.85. The fraction of sp³-hybridized carbons (Fsp3) is 0.455. The summed E-state index contributed by atoms with van der Waals surface area (Å²) in [5.74, 6) is 0.342. The Kier molecular flexibility index (Phi) is 5.87. The number of sulfone groups is 1. The van der Waals surface area contributed by atoms with E-state index in [9.17, 15) is 16.8 Å². The second-order valence-corrected chi connectivity index (χ2v) is 9.34. The minimum Gasteiger partial charge on any atom is -0.398 e. The Hall–Kier alpha value is -0.770. The van der Waals surface area contributed by atoms with Gasteiger partial charge in [-0.1, -0.05) is 6.92 Å². The van der Waals surface area contributed by atoms with E-state index in [1.807, 2.05) is 0 Å². The topological polar surface area (TPSA) is 106 Å². The lowest BCUT2D eigenvalue weighted by atomic mass is 10.3. The predicted octanol–water partition coefficient (Wildman–Crippen LogP) is 0.704. The molecule has 0 fully saturated rings. The summed E-state index contributed by atoms with van der Waals surface area (Å²) < 4.78 is 48.3. The summed E-state index contributed by atoms with van der Waals surface area (Å²) in [7, 11) is -6.59. The Bertz CT molecular complexity index is 669. The lowest BCUT2D eigenvalue weighted by molar-refractivity contribution is 0.583. The van der Waals surface area contributed by atoms with Gasteiger partial charge in [-0.2, -0.15) is 0 Å². The van der Waals surface area contributed by atoms with Crippen LogP contribution < -0.4 is 10.5 Å². The van der Waals surface area contributed by atoms with Crippen LogP contribution in [0.5, 0.6) is 0 Å². The zero-order valence-electron chi connectivity index (χ0n) is 11.3. The van der Waals surface area contributed by atoms with Crippen LogP contribution in [0.3, 0.4) is 0 Å². The quantitative estimate of drug-likeness (QED) is 0.560. The molecule has 0 aliphatic carbocycles. The molecule has 0 saturated heterocycles. The number of benzene rings is 1. The molecule has 0 bridgehead atoms. The summed E-state index contributed by atoms with van der Waals surface area (Å²) in [6.07, 6.45) is 1.16. The zero-order valence-corrected chi connectivity index (χ0v) is 13.7. The van der Waals surface area contributed by atoms with Gasteiger partial charge in [-0.25, -0.2) is 21.6 Å². The summed E-state index contributed by atoms with van der Waals surface area (Å²) in [6.45, 7) is 1.99. The van der Waals surface area contributed by atoms with Crippen molar-refractivity contribution >= 4 is 37.3 Å². The first-order chi connectivity index (χ1) is 9.15. The maximum atomic E-state index is 11.9. The molecule has 0 unspecified atom stereocenters. The van der Waals surface area contributed by atoms with Crippen molar-refractivity contribution in [2.45, 2.75) is 16.7 Å². The third-order valence-electron chi connectivity index (χ3n) is 2.34. The molecule has 0 aliphatic heterocycles. The maximum absolute atomic E-state index is 11.9. The van der Waals surface area contributed by atoms with Crippen molar-refractivity contribution in [1.82, 2.24) is 4.72 Å². The van der Waals surface area contributed by atoms with Gasteiger partial charge in [-0.05, 0) is 18.2 Å². The Morgan fingerprint density at radius 1 is 1.25 bits per heavy atom. The molecule has 1 aromatic rings. The zero-order chi connectivity index (χ0) is 15.4. The highest BCUT2D eigenvalue weighted by molar-refractivity contribution is 8.00. The molecule has 0 heterocycles. The number of rotatable bonds is 7. The fourth-order valence-electron chi connectivity index (χ4n) is 1.38. The van der Waals surface area contributed by atoms with E-state index in [4.69, 9.17) is 5.73 Å². The van der Waals surface area contributed by atoms with Crippen molar-refractivity contribution < 1.29 is 16.8 Å². The molecule has 1 aromatic carbocycles. The number of thioether (sulfide) groups is 1. The predicted molar refractivity (Wildman–Crippen MR) is 82.2 cm³/mol. The number of nitrogen functional groups attached to an aromatic ring is 1. The summed E-state index contributed by atoms with van der Waals surface area (Å²) >= 11 is 1.23. The van der Waals surface area contributed by atoms with Crippen LogP contribution in [0.4, 0.5) is 5.69 Å². The van der Waals surface area contributed by atoms with E-state index in [-0.39, 0.29) is 10.6 Å². The van der Waals surface area contributed by atoms with E-state index in [1.54, 1.807) is 6.92 Å². The van der Waals surface area contributed by atoms with Crippen molar-refractivity contribution in [3.63, 3.8) is 0 Å². The summed E-state index contributed by atoms with van der Waals surface area (Å²) in [4.78, 5) is 0.683. The number of nitrogens with two attached hydrogens (primary N) is 1. The van der Waals surface area contributed by atoms with Crippen molar-refractivity contribution in [3.8, 4) is 0 Å². The van der Waals surface area contributed by atoms with Crippen LogP contribution >= 0.6 is 11.8 Å². The fourth-order valence-corrected chi connectivity index (χ4v) is 4.73. The van der Waals surface area contributed by atoms with E-state index < -0.39 is 19.9 Å². The standard InChI is InChI=1S/C11H18N2O4S3/c1-3-13-20(16,17)9-4-5-10(12)11(8-9)18-6-7-19(2,14)15/h4-5,8,13H,3,6-7,12H2,1-2H3. The molecule has 9 heteroatoms. The van der Waals surface area contributed by atoms with Gasteiger partial charge in [0.2, 0.25) is 10.0 Å². The van der Waals surface area contributed by atoms with Gasteiger partial charge in [0.15, 0.2) is 0 Å². The highest BCUT2D eigenvalue weighted by Crippen LogP contribution is 2.27. The number of sulfonamides is 1. The summed E-state index contributed by atoms with van der Waals surface area (Å²) in [5, 5.41) is 0. The first kappa shape index (κ1) is 17.3. The van der Waals surface area contributed by atoms with Gasteiger partial charge in [0.1, 0.15) is 9.84 Å². The Labute approximate surface area is 124 Å². The maximum Gasteiger partial charge on any atom is 0.240 e. The van der Waals surface area contributed by atoms with Gasteiger partial charge in [0.25, 0.3) is 0 Å². The number of anilines is 1. The molecule has 114 valence electrons. The second kappa shape index (κ2) is 6.79. The Balaban J connectivity index is 2.93. The molecular weight excluding hydrogens is 320 g/mol. The van der Waals surface area contributed by atoms with Gasteiger partial charge in [0, 0.05) is 29.1 Å². The smallest absolute Gasteiger partial charge is 0.240 e. The van der Waals surface area contributed by atoms with Crippen LogP contribution in [0.25, 0.3) is 0 Å². The molecule has 0 atom stereocenters. The normalized spacial score (nSPS) is 12.5. The number of nitrogens with one attached hydrogen (secondary N) is 1. The summed E-state index contributed by atoms with van der Waals surface area (Å²) in [5.41, 5.74) is 6.20. The van der Waals surface area contributed by atoms with E-state index in [2.05, 4.69) is 4.72 Å². The SMILES string of the molecule is CCNS(=O)(=O)c1ccc(N)c(SCCS(C)(=O)=O)c1. The van der Waals surface area contributed by atoms with Gasteiger partial charge in [-0.15, -0.1) is 11.8 Å². The third-order valence-corrected chi connectivity index (χ3v) is 6.16. The van der Waals surface area contributed by atoms with E-state index in [1.165, 1.54) is 30.0 Å². The molecule has 1 rings (SSSR count). The molecule has 0 amide bonds. The lowest BCUT2D eigenvalue weighted by Gasteiger charge is -2.09. The van der Waals surface area contributed by atoms with E-state index in [0.29, 0.717) is 22.9 Å². The van der Waals surface area contributed by atoms with Crippen LogP contribution in [0.2, 0.25) is 0 Å². The van der Waals surface area contributed by atoms with Gasteiger partial charge >= 0.3 is 0 Å². The molecule has 0 aromatic heterocycles. The average Bonchev–Trinajstić information content (AvgIpc) is 2.29. The third kappa shape index (κ3) is 5.31. The monoisotopic (exact) mass is 338 g/mol. The van der Waals surface area contributed by atoms with Crippen molar-refractivity contribution in [3.05, 3.63) is 18.2 Å². The lowest BCUT2D eigenvalue weighted by Crippen LogP contribution is -2.23. The molecule has 3 N–H and O–H groups in total. The molecule has 0 spiro atoms. The van der Waals surface area contributed by atoms with Crippen LogP contribution in [-0.2, 0) is 19.9 Å². The molecule has 6 nitrogen and oxygen atoms in total. The average molecular weight is 338 g/mol. The minimum absolute atomic E-state index is 0.0152. The van der Waals surface area contributed by atoms with Crippen molar-refractivity contribution in [2.75, 3.05) is 30.0 Å². The van der Waals surface area contributed by atoms with Crippen LogP contribution in [0.15, 0.2) is 28.0 Å².